The van der Waals surface area contributed by atoms with Gasteiger partial charge in [0, 0.05) is 6.20 Å². The van der Waals surface area contributed by atoms with Gasteiger partial charge in [0.15, 0.2) is 0 Å². The molecule has 3 rings (SSSR count). The number of carbonyl (C=O) groups excluding carboxylic acids is 1. The van der Waals surface area contributed by atoms with Crippen molar-refractivity contribution in [3.05, 3.63) is 35.3 Å². The van der Waals surface area contributed by atoms with E-state index in [-0.39, 0.29) is 11.9 Å². The highest BCUT2D eigenvalue weighted by molar-refractivity contribution is 6.03. The van der Waals surface area contributed by atoms with Crippen LogP contribution in [0.1, 0.15) is 28.7 Å². The minimum atomic E-state index is -0.306. The monoisotopic (exact) mass is 271 g/mol. The molecule has 0 spiro atoms. The summed E-state index contributed by atoms with van der Waals surface area (Å²) in [4.78, 5) is 16.8. The first-order valence-electron chi connectivity index (χ1n) is 6.21. The molecule has 1 amide bonds. The molecule has 3 heterocycles. The maximum absolute atomic E-state index is 12.4. The number of nitrogens with one attached hydrogen (secondary N) is 2. The minimum Gasteiger partial charge on any atom is -0.295 e. The van der Waals surface area contributed by atoms with Crippen molar-refractivity contribution in [1.29, 1.82) is 0 Å². The number of anilines is 1. The zero-order chi connectivity index (χ0) is 14.1. The van der Waals surface area contributed by atoms with Gasteiger partial charge in [-0.15, -0.1) is 5.10 Å². The lowest BCUT2D eigenvalue weighted by Gasteiger charge is -2.03. The Morgan fingerprint density at radius 3 is 3.05 bits per heavy atom. The molecule has 0 unspecified atom stereocenters. The number of aromatic amines is 1. The predicted octanol–water partition coefficient (Wildman–Crippen LogP) is 0.971. The zero-order valence-electron chi connectivity index (χ0n) is 11.1. The summed E-state index contributed by atoms with van der Waals surface area (Å²) in [7, 11) is 0. The summed E-state index contributed by atoms with van der Waals surface area (Å²) in [5.41, 5.74) is 3.07. The first-order chi connectivity index (χ1) is 9.69. The number of nitrogens with zero attached hydrogens (tertiary/aromatic N) is 5. The van der Waals surface area contributed by atoms with Gasteiger partial charge in [0.25, 0.3) is 11.9 Å². The summed E-state index contributed by atoms with van der Waals surface area (Å²) in [5.74, 6) is -0.168. The zero-order valence-corrected chi connectivity index (χ0v) is 11.1. The van der Waals surface area contributed by atoms with Crippen LogP contribution in [0.15, 0.2) is 18.3 Å². The summed E-state index contributed by atoms with van der Waals surface area (Å²) < 4.78 is 1.77. The molecular weight excluding hydrogens is 258 g/mol. The number of fused-ring (bicyclic) bond motifs is 1. The van der Waals surface area contributed by atoms with Crippen molar-refractivity contribution < 1.29 is 4.79 Å². The second-order valence-corrected chi connectivity index (χ2v) is 4.38. The van der Waals surface area contributed by atoms with Gasteiger partial charge in [-0.3, -0.25) is 14.5 Å². The highest BCUT2D eigenvalue weighted by Gasteiger charge is 2.19. The number of hydrogen-bond donors (Lipinski definition) is 2. The van der Waals surface area contributed by atoms with E-state index in [0.29, 0.717) is 12.1 Å². The van der Waals surface area contributed by atoms with Gasteiger partial charge in [-0.25, -0.2) is 4.98 Å². The van der Waals surface area contributed by atoms with Crippen molar-refractivity contribution in [2.75, 3.05) is 5.32 Å². The van der Waals surface area contributed by atoms with Gasteiger partial charge in [-0.1, -0.05) is 12.0 Å². The molecule has 2 N–H and O–H groups in total. The standard InChI is InChI=1S/C12H13N7O/c1-3-8-10(11(20)14-12-15-17-18-16-12)19-5-4-7(2)6-9(19)13-8/h4-6H,3H2,1-2H3,(H2,14,15,16,17,18,20). The Balaban J connectivity index is 2.07. The van der Waals surface area contributed by atoms with Crippen LogP contribution in [0.2, 0.25) is 0 Å². The van der Waals surface area contributed by atoms with Crippen LogP contribution >= 0.6 is 0 Å². The van der Waals surface area contributed by atoms with Crippen LogP contribution in [-0.4, -0.2) is 35.9 Å². The normalized spacial score (nSPS) is 10.9. The summed E-state index contributed by atoms with van der Waals surface area (Å²) >= 11 is 0. The topological polar surface area (TPSA) is 101 Å². The highest BCUT2D eigenvalue weighted by Crippen LogP contribution is 2.16. The van der Waals surface area contributed by atoms with E-state index in [1.165, 1.54) is 0 Å². The smallest absolute Gasteiger partial charge is 0.277 e. The fourth-order valence-corrected chi connectivity index (χ4v) is 2.06. The van der Waals surface area contributed by atoms with Crippen molar-refractivity contribution >= 4 is 17.5 Å². The number of tetrazole rings is 1. The van der Waals surface area contributed by atoms with Crippen molar-refractivity contribution in [3.63, 3.8) is 0 Å². The molecule has 0 fully saturated rings. The second kappa shape index (κ2) is 4.72. The van der Waals surface area contributed by atoms with E-state index in [1.54, 1.807) is 4.40 Å². The Kier molecular flexibility index (Phi) is 2.90. The van der Waals surface area contributed by atoms with E-state index in [0.717, 1.165) is 16.9 Å². The van der Waals surface area contributed by atoms with Crippen LogP contribution in [0, 0.1) is 6.92 Å². The lowest BCUT2D eigenvalue weighted by atomic mass is 10.2. The number of amides is 1. The Hall–Kier alpha value is -2.77. The molecule has 8 nitrogen and oxygen atoms in total. The third kappa shape index (κ3) is 2.00. The Labute approximate surface area is 114 Å². The number of carbonyl (C=O) groups is 1. The van der Waals surface area contributed by atoms with Gasteiger partial charge in [0.05, 0.1) is 5.69 Å². The molecule has 0 saturated heterocycles. The average molecular weight is 271 g/mol. The molecule has 0 atom stereocenters. The number of aryl methyl sites for hydroxylation is 2. The van der Waals surface area contributed by atoms with E-state index in [1.807, 2.05) is 32.2 Å². The molecule has 0 radical (unpaired) electrons. The molecular formula is C12H13N7O. The maximum atomic E-state index is 12.4. The van der Waals surface area contributed by atoms with E-state index < -0.39 is 0 Å². The van der Waals surface area contributed by atoms with Gasteiger partial charge in [-0.05, 0) is 36.3 Å². The number of rotatable bonds is 3. The molecule has 0 aliphatic rings. The quantitative estimate of drug-likeness (QED) is 0.739. The van der Waals surface area contributed by atoms with E-state index in [2.05, 4.69) is 30.9 Å². The number of aromatic nitrogens is 6. The second-order valence-electron chi connectivity index (χ2n) is 4.38. The molecule has 3 aromatic rings. The average Bonchev–Trinajstić information content (AvgIpc) is 3.04. The van der Waals surface area contributed by atoms with Crippen LogP contribution in [0.25, 0.3) is 5.65 Å². The van der Waals surface area contributed by atoms with Crippen LogP contribution in [0.3, 0.4) is 0 Å². The number of hydrogen-bond acceptors (Lipinski definition) is 5. The van der Waals surface area contributed by atoms with Gasteiger partial charge in [0.2, 0.25) is 0 Å². The number of pyridine rings is 1. The number of H-pyrrole nitrogens is 1. The van der Waals surface area contributed by atoms with Crippen LogP contribution in [0.4, 0.5) is 5.95 Å². The van der Waals surface area contributed by atoms with Gasteiger partial charge in [-0.2, -0.15) is 5.21 Å². The van der Waals surface area contributed by atoms with E-state index in [9.17, 15) is 4.79 Å². The van der Waals surface area contributed by atoms with Crippen LogP contribution in [0.5, 0.6) is 0 Å². The van der Waals surface area contributed by atoms with Crippen molar-refractivity contribution in [1.82, 2.24) is 30.0 Å². The lowest BCUT2D eigenvalue weighted by Crippen LogP contribution is -2.17. The van der Waals surface area contributed by atoms with Gasteiger partial charge >= 0.3 is 0 Å². The molecule has 0 aliphatic carbocycles. The first-order valence-corrected chi connectivity index (χ1v) is 6.21. The summed E-state index contributed by atoms with van der Waals surface area (Å²) in [6.07, 6.45) is 2.50. The predicted molar refractivity (Wildman–Crippen MR) is 71.4 cm³/mol. The van der Waals surface area contributed by atoms with Crippen LogP contribution < -0.4 is 5.32 Å². The first kappa shape index (κ1) is 12.3. The SMILES string of the molecule is CCc1nc2cc(C)ccn2c1C(=O)Nc1nn[nH]n1. The maximum Gasteiger partial charge on any atom is 0.277 e. The molecule has 3 aromatic heterocycles. The minimum absolute atomic E-state index is 0.138. The molecule has 8 heteroatoms. The van der Waals surface area contributed by atoms with Crippen molar-refractivity contribution in [2.45, 2.75) is 20.3 Å². The molecule has 0 saturated carbocycles. The molecule has 0 aliphatic heterocycles. The van der Waals surface area contributed by atoms with E-state index >= 15 is 0 Å². The third-order valence-corrected chi connectivity index (χ3v) is 2.97. The Bertz CT molecular complexity index is 760. The lowest BCUT2D eigenvalue weighted by molar-refractivity contribution is 0.101. The van der Waals surface area contributed by atoms with Crippen LogP contribution in [-0.2, 0) is 6.42 Å². The Morgan fingerprint density at radius 1 is 1.50 bits per heavy atom. The summed E-state index contributed by atoms with van der Waals surface area (Å²) in [6.45, 7) is 3.94. The summed E-state index contributed by atoms with van der Waals surface area (Å²) in [6, 6.07) is 3.86. The molecule has 0 aromatic carbocycles. The number of imidazole rings is 1. The molecule has 0 bridgehead atoms. The van der Waals surface area contributed by atoms with Gasteiger partial charge in [0.1, 0.15) is 11.3 Å². The molecule has 102 valence electrons. The highest BCUT2D eigenvalue weighted by atomic mass is 16.2. The Morgan fingerprint density at radius 2 is 2.35 bits per heavy atom. The summed E-state index contributed by atoms with van der Waals surface area (Å²) in [5, 5.41) is 15.7. The van der Waals surface area contributed by atoms with Crippen molar-refractivity contribution in [2.24, 2.45) is 0 Å². The van der Waals surface area contributed by atoms with E-state index in [4.69, 9.17) is 0 Å². The largest absolute Gasteiger partial charge is 0.295 e. The fraction of sp³-hybridized carbons (Fsp3) is 0.250. The molecule has 20 heavy (non-hydrogen) atoms. The van der Waals surface area contributed by atoms with Crippen molar-refractivity contribution in [3.8, 4) is 0 Å². The fourth-order valence-electron chi connectivity index (χ4n) is 2.06. The third-order valence-electron chi connectivity index (χ3n) is 2.97. The van der Waals surface area contributed by atoms with Gasteiger partial charge < -0.3 is 0 Å².